The zero-order chi connectivity index (χ0) is 17.0. The van der Waals surface area contributed by atoms with Crippen molar-refractivity contribution in [2.75, 3.05) is 12.4 Å². The molecular formula is C14H14ClF2N3O3. The summed E-state index contributed by atoms with van der Waals surface area (Å²) >= 11 is 5.95. The third kappa shape index (κ3) is 4.10. The van der Waals surface area contributed by atoms with Gasteiger partial charge in [0.2, 0.25) is 0 Å². The average molecular weight is 346 g/mol. The molecule has 1 heterocycles. The Kier molecular flexibility index (Phi) is 5.38. The van der Waals surface area contributed by atoms with Crippen molar-refractivity contribution in [3.63, 3.8) is 0 Å². The molecule has 9 heteroatoms. The quantitative estimate of drug-likeness (QED) is 0.871. The molecule has 0 aliphatic rings. The van der Waals surface area contributed by atoms with Crippen molar-refractivity contribution >= 4 is 23.2 Å². The Morgan fingerprint density at radius 3 is 2.74 bits per heavy atom. The van der Waals surface area contributed by atoms with Crippen molar-refractivity contribution in [1.82, 2.24) is 9.78 Å². The van der Waals surface area contributed by atoms with Crippen LogP contribution in [-0.2, 0) is 6.54 Å². The summed E-state index contributed by atoms with van der Waals surface area (Å²) in [5.74, 6) is -0.589. The van der Waals surface area contributed by atoms with Gasteiger partial charge in [0.25, 0.3) is 5.91 Å². The van der Waals surface area contributed by atoms with Crippen LogP contribution in [0.2, 0.25) is 5.02 Å². The largest absolute Gasteiger partial charge is 0.493 e. The minimum Gasteiger partial charge on any atom is -0.493 e. The third-order valence-electron chi connectivity index (χ3n) is 2.89. The molecule has 0 atom stereocenters. The second kappa shape index (κ2) is 7.28. The summed E-state index contributed by atoms with van der Waals surface area (Å²) in [6.07, 6.45) is 1.54. The lowest BCUT2D eigenvalue weighted by Gasteiger charge is -2.11. The van der Waals surface area contributed by atoms with Crippen LogP contribution in [0, 0.1) is 0 Å². The number of alkyl halides is 2. The van der Waals surface area contributed by atoms with Gasteiger partial charge in [-0.2, -0.15) is 13.9 Å². The summed E-state index contributed by atoms with van der Waals surface area (Å²) in [6, 6.07) is 4.04. The van der Waals surface area contributed by atoms with Crippen molar-refractivity contribution in [2.45, 2.75) is 20.1 Å². The molecule has 1 N–H and O–H groups in total. The number of amides is 1. The van der Waals surface area contributed by atoms with Crippen LogP contribution in [0.5, 0.6) is 11.5 Å². The molecule has 1 aromatic carbocycles. The number of aromatic nitrogens is 2. The lowest BCUT2D eigenvalue weighted by Crippen LogP contribution is -2.14. The summed E-state index contributed by atoms with van der Waals surface area (Å²) in [4.78, 5) is 12.2. The van der Waals surface area contributed by atoms with Crippen LogP contribution in [0.25, 0.3) is 0 Å². The first-order valence-corrected chi connectivity index (χ1v) is 6.99. The minimum atomic E-state index is -2.97. The minimum absolute atomic E-state index is 0.0632. The van der Waals surface area contributed by atoms with E-state index >= 15 is 0 Å². The topological polar surface area (TPSA) is 65.4 Å². The number of carbonyl (C=O) groups excluding carboxylic acids is 1. The van der Waals surface area contributed by atoms with Gasteiger partial charge in [-0.1, -0.05) is 11.6 Å². The van der Waals surface area contributed by atoms with E-state index in [1.165, 1.54) is 36.2 Å². The highest BCUT2D eigenvalue weighted by Gasteiger charge is 2.17. The van der Waals surface area contributed by atoms with E-state index in [0.717, 1.165) is 0 Å². The van der Waals surface area contributed by atoms with E-state index in [2.05, 4.69) is 15.2 Å². The van der Waals surface area contributed by atoms with E-state index in [0.29, 0.717) is 12.2 Å². The molecule has 0 unspecified atom stereocenters. The Hall–Kier alpha value is -2.35. The van der Waals surface area contributed by atoms with Crippen molar-refractivity contribution in [1.29, 1.82) is 0 Å². The fourth-order valence-corrected chi connectivity index (χ4v) is 2.08. The average Bonchev–Trinajstić information content (AvgIpc) is 2.89. The molecule has 0 radical (unpaired) electrons. The smallest absolute Gasteiger partial charge is 0.387 e. The molecule has 0 saturated carbocycles. The number of carbonyl (C=O) groups is 1. The lowest BCUT2D eigenvalue weighted by molar-refractivity contribution is -0.0512. The first kappa shape index (κ1) is 17.0. The van der Waals surface area contributed by atoms with Crippen LogP contribution >= 0.6 is 11.6 Å². The van der Waals surface area contributed by atoms with E-state index in [1.54, 1.807) is 0 Å². The second-order valence-corrected chi connectivity index (χ2v) is 4.79. The number of aryl methyl sites for hydroxylation is 1. The number of anilines is 1. The van der Waals surface area contributed by atoms with E-state index in [-0.39, 0.29) is 22.2 Å². The maximum absolute atomic E-state index is 12.3. The van der Waals surface area contributed by atoms with Gasteiger partial charge in [-0.15, -0.1) is 0 Å². The molecule has 124 valence electrons. The van der Waals surface area contributed by atoms with Gasteiger partial charge in [-0.3, -0.25) is 9.48 Å². The van der Waals surface area contributed by atoms with Gasteiger partial charge in [0.15, 0.2) is 17.2 Å². The van der Waals surface area contributed by atoms with E-state index in [1.807, 2.05) is 6.92 Å². The van der Waals surface area contributed by atoms with Gasteiger partial charge >= 0.3 is 6.61 Å². The Morgan fingerprint density at radius 1 is 1.43 bits per heavy atom. The van der Waals surface area contributed by atoms with Crippen LogP contribution < -0.4 is 14.8 Å². The molecule has 0 aliphatic carbocycles. The number of rotatable bonds is 6. The number of ether oxygens (including phenoxy) is 2. The number of hydrogen-bond acceptors (Lipinski definition) is 4. The zero-order valence-electron chi connectivity index (χ0n) is 12.3. The third-order valence-corrected chi connectivity index (χ3v) is 3.17. The van der Waals surface area contributed by atoms with E-state index < -0.39 is 12.5 Å². The van der Waals surface area contributed by atoms with Gasteiger partial charge in [-0.25, -0.2) is 0 Å². The van der Waals surface area contributed by atoms with Crippen molar-refractivity contribution < 1.29 is 23.0 Å². The molecule has 0 saturated heterocycles. The zero-order valence-corrected chi connectivity index (χ0v) is 13.1. The number of nitrogens with zero attached hydrogens (tertiary/aromatic N) is 2. The normalized spacial score (nSPS) is 10.7. The molecule has 2 rings (SSSR count). The number of halogens is 3. The monoisotopic (exact) mass is 345 g/mol. The molecule has 6 nitrogen and oxygen atoms in total. The lowest BCUT2D eigenvalue weighted by atomic mass is 10.2. The maximum atomic E-state index is 12.3. The Bertz CT molecular complexity index is 707. The predicted octanol–water partition coefficient (Wildman–Crippen LogP) is 3.42. The Labute approximate surface area is 135 Å². The number of benzene rings is 1. The molecule has 0 aliphatic heterocycles. The molecule has 23 heavy (non-hydrogen) atoms. The van der Waals surface area contributed by atoms with Crippen LogP contribution in [0.1, 0.15) is 17.4 Å². The standard InChI is InChI=1S/C14H14ClF2N3O3/c1-3-20-7-9(15)12(19-20)13(21)18-8-4-5-10(23-14(16)17)11(6-8)22-2/h4-7,14H,3H2,1-2H3,(H,18,21). The summed E-state index contributed by atoms with van der Waals surface area (Å²) in [5.41, 5.74) is 0.399. The number of methoxy groups -OCH3 is 1. The summed E-state index contributed by atoms with van der Waals surface area (Å²) in [5, 5.41) is 6.83. The van der Waals surface area contributed by atoms with E-state index in [4.69, 9.17) is 16.3 Å². The highest BCUT2D eigenvalue weighted by molar-refractivity contribution is 6.34. The molecule has 0 spiro atoms. The second-order valence-electron chi connectivity index (χ2n) is 4.38. The predicted molar refractivity (Wildman–Crippen MR) is 80.5 cm³/mol. The molecule has 0 fully saturated rings. The van der Waals surface area contributed by atoms with Crippen LogP contribution in [0.15, 0.2) is 24.4 Å². The van der Waals surface area contributed by atoms with Crippen molar-refractivity contribution in [2.24, 2.45) is 0 Å². The van der Waals surface area contributed by atoms with Gasteiger partial charge < -0.3 is 14.8 Å². The van der Waals surface area contributed by atoms with Gasteiger partial charge in [-0.05, 0) is 19.1 Å². The fraction of sp³-hybridized carbons (Fsp3) is 0.286. The SMILES string of the molecule is CCn1cc(Cl)c(C(=O)Nc2ccc(OC(F)F)c(OC)c2)n1. The first-order chi connectivity index (χ1) is 10.9. The van der Waals surface area contributed by atoms with E-state index in [9.17, 15) is 13.6 Å². The van der Waals surface area contributed by atoms with Crippen LogP contribution in [-0.4, -0.2) is 29.4 Å². The molecular weight excluding hydrogens is 332 g/mol. The molecule has 2 aromatic rings. The van der Waals surface area contributed by atoms with Crippen LogP contribution in [0.3, 0.4) is 0 Å². The molecule has 0 bridgehead atoms. The number of hydrogen-bond donors (Lipinski definition) is 1. The first-order valence-electron chi connectivity index (χ1n) is 6.61. The summed E-state index contributed by atoms with van der Waals surface area (Å²) in [6.45, 7) is -0.542. The van der Waals surface area contributed by atoms with Crippen molar-refractivity contribution in [3.05, 3.63) is 35.1 Å². The Balaban J connectivity index is 2.19. The fourth-order valence-electron chi connectivity index (χ4n) is 1.84. The van der Waals surface area contributed by atoms with Crippen molar-refractivity contribution in [3.8, 4) is 11.5 Å². The highest BCUT2D eigenvalue weighted by Crippen LogP contribution is 2.31. The Morgan fingerprint density at radius 2 is 2.17 bits per heavy atom. The van der Waals surface area contributed by atoms with Gasteiger partial charge in [0.05, 0.1) is 12.1 Å². The van der Waals surface area contributed by atoms with Gasteiger partial charge in [0, 0.05) is 24.5 Å². The summed E-state index contributed by atoms with van der Waals surface area (Å²) < 4.78 is 35.4. The molecule has 1 aromatic heterocycles. The highest BCUT2D eigenvalue weighted by atomic mass is 35.5. The number of nitrogens with one attached hydrogen (secondary N) is 1. The van der Waals surface area contributed by atoms with Gasteiger partial charge in [0.1, 0.15) is 0 Å². The molecule has 1 amide bonds. The maximum Gasteiger partial charge on any atom is 0.387 e. The summed E-state index contributed by atoms with van der Waals surface area (Å²) in [7, 11) is 1.30. The van der Waals surface area contributed by atoms with Crippen LogP contribution in [0.4, 0.5) is 14.5 Å².